The minimum Gasteiger partial charge on any atom is -0.306 e. The van der Waals surface area contributed by atoms with Crippen molar-refractivity contribution in [1.29, 1.82) is 0 Å². The van der Waals surface area contributed by atoms with Gasteiger partial charge in [-0.1, -0.05) is 18.3 Å². The molecule has 2 nitrogen and oxygen atoms in total. The number of hydrogen-bond acceptors (Lipinski definition) is 2. The molecular weight excluding hydrogens is 146 g/mol. The molecule has 0 amide bonds. The lowest BCUT2D eigenvalue weighted by Gasteiger charge is -1.93. The van der Waals surface area contributed by atoms with Crippen LogP contribution in [-0.4, -0.2) is 4.57 Å². The second-order valence-corrected chi connectivity index (χ2v) is 3.34. The number of hydrogen-bond donors (Lipinski definition) is 0. The average Bonchev–Trinajstić information content (AvgIpc) is 2.17. The molecule has 0 aromatic carbocycles. The van der Waals surface area contributed by atoms with Gasteiger partial charge < -0.3 is 4.57 Å². The number of nitrogens with zero attached hydrogens (tertiary/aromatic N) is 1. The van der Waals surface area contributed by atoms with Crippen molar-refractivity contribution >= 4 is 11.3 Å². The molecule has 3 heteroatoms. The molecule has 1 rings (SSSR count). The molecule has 1 heterocycles. The first-order chi connectivity index (χ1) is 4.66. The van der Waals surface area contributed by atoms with Crippen LogP contribution in [-0.2, 0) is 13.5 Å². The van der Waals surface area contributed by atoms with Crippen LogP contribution in [0.4, 0.5) is 0 Å². The third kappa shape index (κ3) is 1.01. The maximum atomic E-state index is 11.0. The van der Waals surface area contributed by atoms with Crippen LogP contribution in [0.2, 0.25) is 0 Å². The Morgan fingerprint density at radius 1 is 1.60 bits per heavy atom. The summed E-state index contributed by atoms with van der Waals surface area (Å²) in [5, 5.41) is 0. The Hall–Kier alpha value is -0.570. The van der Waals surface area contributed by atoms with E-state index in [1.165, 1.54) is 16.2 Å². The fourth-order valence-corrected chi connectivity index (χ4v) is 1.81. The standard InChI is InChI=1S/C7H11NOS/c1-4-6-5(2)8(3)7(9)10-6/h4H2,1-3H3. The Labute approximate surface area is 64.1 Å². The van der Waals surface area contributed by atoms with Gasteiger partial charge in [-0.3, -0.25) is 4.79 Å². The van der Waals surface area contributed by atoms with Crippen molar-refractivity contribution in [2.75, 3.05) is 0 Å². The molecular formula is C7H11NOS. The molecule has 0 aliphatic carbocycles. The number of aromatic nitrogens is 1. The predicted molar refractivity (Wildman–Crippen MR) is 43.7 cm³/mol. The highest BCUT2D eigenvalue weighted by molar-refractivity contribution is 7.09. The summed E-state index contributed by atoms with van der Waals surface area (Å²) in [4.78, 5) is 12.3. The maximum absolute atomic E-state index is 11.0. The van der Waals surface area contributed by atoms with E-state index in [0.29, 0.717) is 0 Å². The van der Waals surface area contributed by atoms with E-state index in [4.69, 9.17) is 0 Å². The molecule has 0 fully saturated rings. The first-order valence-electron chi connectivity index (χ1n) is 3.32. The summed E-state index contributed by atoms with van der Waals surface area (Å²) in [5.41, 5.74) is 1.11. The Morgan fingerprint density at radius 2 is 2.20 bits per heavy atom. The van der Waals surface area contributed by atoms with Gasteiger partial charge >= 0.3 is 4.87 Å². The van der Waals surface area contributed by atoms with Crippen LogP contribution in [0.5, 0.6) is 0 Å². The maximum Gasteiger partial charge on any atom is 0.307 e. The molecule has 0 bridgehead atoms. The fourth-order valence-electron chi connectivity index (χ4n) is 0.900. The van der Waals surface area contributed by atoms with Crippen molar-refractivity contribution in [2.45, 2.75) is 20.3 Å². The monoisotopic (exact) mass is 157 g/mol. The normalized spacial score (nSPS) is 10.3. The van der Waals surface area contributed by atoms with Gasteiger partial charge in [-0.15, -0.1) is 0 Å². The zero-order valence-electron chi connectivity index (χ0n) is 6.47. The van der Waals surface area contributed by atoms with Crippen molar-refractivity contribution in [2.24, 2.45) is 7.05 Å². The highest BCUT2D eigenvalue weighted by Gasteiger charge is 2.03. The Balaban J connectivity index is 3.31. The molecule has 1 aromatic rings. The van der Waals surface area contributed by atoms with Crippen molar-refractivity contribution in [3.8, 4) is 0 Å². The lowest BCUT2D eigenvalue weighted by atomic mass is 10.3. The van der Waals surface area contributed by atoms with E-state index >= 15 is 0 Å². The first kappa shape index (κ1) is 7.54. The molecule has 0 unspecified atom stereocenters. The highest BCUT2D eigenvalue weighted by Crippen LogP contribution is 2.09. The molecule has 0 saturated heterocycles. The molecule has 0 saturated carbocycles. The van der Waals surface area contributed by atoms with Gasteiger partial charge in [-0.05, 0) is 13.3 Å². The van der Waals surface area contributed by atoms with Crippen LogP contribution in [0.1, 0.15) is 17.5 Å². The summed E-state index contributed by atoms with van der Waals surface area (Å²) in [6, 6.07) is 0. The van der Waals surface area contributed by atoms with Crippen LogP contribution in [0.25, 0.3) is 0 Å². The predicted octanol–water partition coefficient (Wildman–Crippen LogP) is 1.32. The lowest BCUT2D eigenvalue weighted by molar-refractivity contribution is 0.841. The topological polar surface area (TPSA) is 22.0 Å². The van der Waals surface area contributed by atoms with Crippen molar-refractivity contribution in [1.82, 2.24) is 4.57 Å². The number of rotatable bonds is 1. The second-order valence-electron chi connectivity index (χ2n) is 2.29. The smallest absolute Gasteiger partial charge is 0.306 e. The van der Waals surface area contributed by atoms with Gasteiger partial charge in [-0.2, -0.15) is 0 Å². The van der Waals surface area contributed by atoms with E-state index in [1.54, 1.807) is 4.57 Å². The Kier molecular flexibility index (Phi) is 1.94. The Bertz CT molecular complexity index is 284. The second kappa shape index (κ2) is 2.58. The van der Waals surface area contributed by atoms with Crippen LogP contribution < -0.4 is 4.87 Å². The summed E-state index contributed by atoms with van der Waals surface area (Å²) in [6.45, 7) is 4.05. The summed E-state index contributed by atoms with van der Waals surface area (Å²) >= 11 is 1.35. The average molecular weight is 157 g/mol. The number of thiazole rings is 1. The third-order valence-corrected chi connectivity index (χ3v) is 2.99. The van der Waals surface area contributed by atoms with E-state index in [0.717, 1.165) is 12.1 Å². The van der Waals surface area contributed by atoms with Gasteiger partial charge in [0.15, 0.2) is 0 Å². The lowest BCUT2D eigenvalue weighted by Crippen LogP contribution is -2.08. The summed E-state index contributed by atoms with van der Waals surface area (Å²) < 4.78 is 1.70. The van der Waals surface area contributed by atoms with Crippen LogP contribution in [0.15, 0.2) is 4.79 Å². The molecule has 0 radical (unpaired) electrons. The molecule has 0 atom stereocenters. The Morgan fingerprint density at radius 3 is 2.40 bits per heavy atom. The molecule has 0 aliphatic rings. The van der Waals surface area contributed by atoms with E-state index in [1.807, 2.05) is 14.0 Å². The van der Waals surface area contributed by atoms with Gasteiger partial charge in [0.2, 0.25) is 0 Å². The molecule has 0 spiro atoms. The quantitative estimate of drug-likeness (QED) is 0.602. The number of aryl methyl sites for hydroxylation is 1. The van der Waals surface area contributed by atoms with Gasteiger partial charge in [-0.25, -0.2) is 0 Å². The minimum absolute atomic E-state index is 0.148. The van der Waals surface area contributed by atoms with Crippen molar-refractivity contribution in [3.05, 3.63) is 20.2 Å². The van der Waals surface area contributed by atoms with Gasteiger partial charge in [0.25, 0.3) is 0 Å². The summed E-state index contributed by atoms with van der Waals surface area (Å²) in [7, 11) is 1.81. The first-order valence-corrected chi connectivity index (χ1v) is 4.13. The van der Waals surface area contributed by atoms with E-state index in [-0.39, 0.29) is 4.87 Å². The molecule has 0 aliphatic heterocycles. The minimum atomic E-state index is 0.148. The molecule has 56 valence electrons. The zero-order valence-corrected chi connectivity index (χ0v) is 7.29. The summed E-state index contributed by atoms with van der Waals surface area (Å²) in [5.74, 6) is 0. The molecule has 10 heavy (non-hydrogen) atoms. The van der Waals surface area contributed by atoms with Gasteiger partial charge in [0.1, 0.15) is 0 Å². The highest BCUT2D eigenvalue weighted by atomic mass is 32.1. The van der Waals surface area contributed by atoms with Crippen LogP contribution in [0.3, 0.4) is 0 Å². The van der Waals surface area contributed by atoms with Crippen molar-refractivity contribution in [3.63, 3.8) is 0 Å². The van der Waals surface area contributed by atoms with Crippen LogP contribution in [0, 0.1) is 6.92 Å². The third-order valence-electron chi connectivity index (χ3n) is 1.71. The van der Waals surface area contributed by atoms with Gasteiger partial charge in [0, 0.05) is 17.6 Å². The largest absolute Gasteiger partial charge is 0.307 e. The van der Waals surface area contributed by atoms with Gasteiger partial charge in [0.05, 0.1) is 0 Å². The van der Waals surface area contributed by atoms with Crippen LogP contribution >= 0.6 is 11.3 Å². The summed E-state index contributed by atoms with van der Waals surface area (Å²) in [6.07, 6.45) is 0.965. The zero-order chi connectivity index (χ0) is 7.72. The van der Waals surface area contributed by atoms with E-state index in [9.17, 15) is 4.79 Å². The fraction of sp³-hybridized carbons (Fsp3) is 0.571. The van der Waals surface area contributed by atoms with E-state index < -0.39 is 0 Å². The van der Waals surface area contributed by atoms with E-state index in [2.05, 4.69) is 6.92 Å². The SMILES string of the molecule is CCc1sc(=O)n(C)c1C. The molecule has 1 aromatic heterocycles. The van der Waals surface area contributed by atoms with Crippen molar-refractivity contribution < 1.29 is 0 Å². The molecule has 0 N–H and O–H groups in total.